The zero-order valence-electron chi connectivity index (χ0n) is 15.0. The molecule has 2 aromatic carbocycles. The van der Waals surface area contributed by atoms with Crippen LogP contribution in [0.2, 0.25) is 0 Å². The maximum atomic E-state index is 13.3. The Labute approximate surface area is 168 Å². The van der Waals surface area contributed by atoms with Gasteiger partial charge in [0.05, 0.1) is 4.90 Å². The molecule has 1 atom stereocenters. The van der Waals surface area contributed by atoms with Gasteiger partial charge in [-0.25, -0.2) is 17.2 Å². The third-order valence-electron chi connectivity index (χ3n) is 4.49. The van der Waals surface area contributed by atoms with E-state index in [2.05, 4.69) is 10.0 Å². The molecule has 10 heteroatoms. The number of amides is 1. The van der Waals surface area contributed by atoms with Crippen LogP contribution in [0.4, 0.5) is 14.5 Å². The lowest BCUT2D eigenvalue weighted by Crippen LogP contribution is -2.38. The molecule has 2 aromatic rings. The summed E-state index contributed by atoms with van der Waals surface area (Å²) in [4.78, 5) is 13.8. The van der Waals surface area contributed by atoms with Gasteiger partial charge in [-0.15, -0.1) is 12.4 Å². The van der Waals surface area contributed by atoms with Crippen molar-refractivity contribution < 1.29 is 22.0 Å². The lowest BCUT2D eigenvalue weighted by atomic mass is 10.1. The fourth-order valence-corrected chi connectivity index (χ4v) is 3.95. The summed E-state index contributed by atoms with van der Waals surface area (Å²) < 4.78 is 53.1. The van der Waals surface area contributed by atoms with E-state index in [1.165, 1.54) is 24.3 Å². The normalized spacial score (nSPS) is 16.3. The van der Waals surface area contributed by atoms with E-state index >= 15 is 0 Å². The van der Waals surface area contributed by atoms with Gasteiger partial charge >= 0.3 is 0 Å². The van der Waals surface area contributed by atoms with Crippen LogP contribution < -0.4 is 10.0 Å². The largest absolute Gasteiger partial charge is 0.337 e. The van der Waals surface area contributed by atoms with E-state index in [1.807, 2.05) is 0 Å². The highest BCUT2D eigenvalue weighted by molar-refractivity contribution is 7.92. The van der Waals surface area contributed by atoms with Crippen LogP contribution in [0.3, 0.4) is 0 Å². The van der Waals surface area contributed by atoms with Gasteiger partial charge in [-0.2, -0.15) is 0 Å². The molecule has 152 valence electrons. The Morgan fingerprint density at radius 2 is 1.82 bits per heavy atom. The van der Waals surface area contributed by atoms with Crippen LogP contribution in [0.5, 0.6) is 0 Å². The molecule has 1 unspecified atom stereocenters. The summed E-state index contributed by atoms with van der Waals surface area (Å²) in [6.45, 7) is 1.61. The Kier molecular flexibility index (Phi) is 6.97. The number of halogens is 3. The average Bonchev–Trinajstić information content (AvgIpc) is 3.17. The summed E-state index contributed by atoms with van der Waals surface area (Å²) in [6, 6.07) is 8.40. The van der Waals surface area contributed by atoms with Gasteiger partial charge in [0.25, 0.3) is 15.9 Å². The predicted molar refractivity (Wildman–Crippen MR) is 104 cm³/mol. The van der Waals surface area contributed by atoms with Crippen molar-refractivity contribution in [2.75, 3.05) is 24.9 Å². The van der Waals surface area contributed by atoms with Crippen molar-refractivity contribution in [1.29, 1.82) is 0 Å². The number of anilines is 1. The lowest BCUT2D eigenvalue weighted by molar-refractivity contribution is 0.0744. The fraction of sp³-hybridized carbons (Fsp3) is 0.278. The number of carbonyl (C=O) groups is 1. The molecule has 1 heterocycles. The first-order valence-electron chi connectivity index (χ1n) is 8.34. The lowest BCUT2D eigenvalue weighted by Gasteiger charge is -2.23. The average molecular weight is 432 g/mol. The molecular formula is C18H20ClF2N3O3S. The number of nitrogens with zero attached hydrogens (tertiary/aromatic N) is 1. The molecule has 0 bridgehead atoms. The highest BCUT2D eigenvalue weighted by Gasteiger charge is 2.24. The second-order valence-electron chi connectivity index (χ2n) is 6.32. The first-order chi connectivity index (χ1) is 12.8. The van der Waals surface area contributed by atoms with Gasteiger partial charge in [0.15, 0.2) is 11.6 Å². The maximum Gasteiger partial charge on any atom is 0.261 e. The van der Waals surface area contributed by atoms with Crippen LogP contribution in [0, 0.1) is 11.6 Å². The summed E-state index contributed by atoms with van der Waals surface area (Å²) in [6.07, 6.45) is 0.883. The number of benzene rings is 2. The van der Waals surface area contributed by atoms with Gasteiger partial charge in [-0.3, -0.25) is 9.52 Å². The van der Waals surface area contributed by atoms with Crippen LogP contribution in [0.15, 0.2) is 47.4 Å². The molecule has 28 heavy (non-hydrogen) atoms. The minimum absolute atomic E-state index is 0. The van der Waals surface area contributed by atoms with Crippen LogP contribution >= 0.6 is 12.4 Å². The molecule has 0 aromatic heterocycles. The molecule has 1 amide bonds. The topological polar surface area (TPSA) is 78.5 Å². The highest BCUT2D eigenvalue weighted by atomic mass is 35.5. The number of sulfonamides is 1. The molecule has 1 aliphatic rings. The van der Waals surface area contributed by atoms with Gasteiger partial charge < -0.3 is 10.2 Å². The van der Waals surface area contributed by atoms with E-state index in [4.69, 9.17) is 0 Å². The third-order valence-corrected chi connectivity index (χ3v) is 5.87. The minimum Gasteiger partial charge on any atom is -0.337 e. The van der Waals surface area contributed by atoms with Crippen LogP contribution in [0.25, 0.3) is 0 Å². The molecular weight excluding hydrogens is 412 g/mol. The Hall–Kier alpha value is -2.23. The third kappa shape index (κ3) is 4.78. The van der Waals surface area contributed by atoms with Gasteiger partial charge in [0.2, 0.25) is 0 Å². The van der Waals surface area contributed by atoms with Crippen LogP contribution in [0.1, 0.15) is 16.8 Å². The van der Waals surface area contributed by atoms with Crippen molar-refractivity contribution in [3.8, 4) is 0 Å². The molecule has 2 N–H and O–H groups in total. The Morgan fingerprint density at radius 3 is 2.39 bits per heavy atom. The fourth-order valence-electron chi connectivity index (χ4n) is 2.88. The molecule has 0 spiro atoms. The number of hydrogen-bond donors (Lipinski definition) is 2. The first-order valence-corrected chi connectivity index (χ1v) is 9.82. The van der Waals surface area contributed by atoms with Crippen molar-refractivity contribution in [3.05, 3.63) is 59.7 Å². The van der Waals surface area contributed by atoms with E-state index in [0.29, 0.717) is 11.6 Å². The minimum atomic E-state index is -4.08. The molecule has 3 rings (SSSR count). The molecule has 1 fully saturated rings. The van der Waals surface area contributed by atoms with E-state index in [-0.39, 0.29) is 30.0 Å². The van der Waals surface area contributed by atoms with Crippen LogP contribution in [-0.2, 0) is 10.0 Å². The van der Waals surface area contributed by atoms with Gasteiger partial charge in [0, 0.05) is 30.9 Å². The van der Waals surface area contributed by atoms with E-state index in [1.54, 1.807) is 11.9 Å². The molecule has 6 nitrogen and oxygen atoms in total. The summed E-state index contributed by atoms with van der Waals surface area (Å²) in [7, 11) is -2.34. The second-order valence-corrected chi connectivity index (χ2v) is 8.00. The van der Waals surface area contributed by atoms with Gasteiger partial charge in [0.1, 0.15) is 0 Å². The zero-order chi connectivity index (χ0) is 19.6. The molecule has 0 radical (unpaired) electrons. The Balaban J connectivity index is 0.00000280. The Morgan fingerprint density at radius 1 is 1.14 bits per heavy atom. The van der Waals surface area contributed by atoms with Crippen molar-refractivity contribution in [3.63, 3.8) is 0 Å². The second kappa shape index (κ2) is 8.85. The summed E-state index contributed by atoms with van der Waals surface area (Å²) in [5, 5.41) is 3.20. The first kappa shape index (κ1) is 22.1. The molecule has 1 aliphatic heterocycles. The standard InChI is InChI=1S/C18H19F2N3O3S.ClH/c1-23(14-8-9-21-11-14)18(24)12-2-4-13(5-3-12)22-27(25,26)15-6-7-16(19)17(20)10-15;/h2-7,10,14,21-22H,8-9,11H2,1H3;1H. The van der Waals surface area contributed by atoms with Gasteiger partial charge in [-0.05, 0) is 55.4 Å². The molecule has 1 saturated heterocycles. The van der Waals surface area contributed by atoms with E-state index in [0.717, 1.165) is 31.6 Å². The number of rotatable bonds is 5. The molecule has 0 aliphatic carbocycles. The smallest absolute Gasteiger partial charge is 0.261 e. The summed E-state index contributed by atoms with van der Waals surface area (Å²) in [5.74, 6) is -2.53. The number of hydrogen-bond acceptors (Lipinski definition) is 4. The Bertz CT molecular complexity index is 949. The van der Waals surface area contributed by atoms with Crippen LogP contribution in [-0.4, -0.2) is 45.4 Å². The van der Waals surface area contributed by atoms with Crippen molar-refractivity contribution in [1.82, 2.24) is 10.2 Å². The van der Waals surface area contributed by atoms with Crippen molar-refractivity contribution in [2.24, 2.45) is 0 Å². The van der Waals surface area contributed by atoms with E-state index < -0.39 is 26.6 Å². The summed E-state index contributed by atoms with van der Waals surface area (Å²) >= 11 is 0. The SMILES string of the molecule is CN(C(=O)c1ccc(NS(=O)(=O)c2ccc(F)c(F)c2)cc1)C1CCNC1.Cl. The zero-order valence-corrected chi connectivity index (χ0v) is 16.6. The number of carbonyl (C=O) groups excluding carboxylic acids is 1. The van der Waals surface area contributed by atoms with Gasteiger partial charge in [-0.1, -0.05) is 0 Å². The maximum absolute atomic E-state index is 13.3. The van der Waals surface area contributed by atoms with E-state index in [9.17, 15) is 22.0 Å². The number of nitrogens with one attached hydrogen (secondary N) is 2. The summed E-state index contributed by atoms with van der Waals surface area (Å²) in [5.41, 5.74) is 0.640. The number of likely N-dealkylation sites (N-methyl/N-ethyl adjacent to an activating group) is 1. The predicted octanol–water partition coefficient (Wildman–Crippen LogP) is 2.62. The quantitative estimate of drug-likeness (QED) is 0.762. The monoisotopic (exact) mass is 431 g/mol. The van der Waals surface area contributed by atoms with Crippen molar-refractivity contribution >= 4 is 34.0 Å². The highest BCUT2D eigenvalue weighted by Crippen LogP contribution is 2.20. The van der Waals surface area contributed by atoms with Crippen molar-refractivity contribution in [2.45, 2.75) is 17.4 Å². The molecule has 0 saturated carbocycles.